The van der Waals surface area contributed by atoms with Gasteiger partial charge in [-0.05, 0) is 50.2 Å². The van der Waals surface area contributed by atoms with Crippen LogP contribution < -0.4 is 10.1 Å². The van der Waals surface area contributed by atoms with Gasteiger partial charge in [0.05, 0.1) is 25.0 Å². The van der Waals surface area contributed by atoms with Crippen molar-refractivity contribution in [1.29, 1.82) is 0 Å². The standard InChI is InChI=1S/C20H22N2O7/c1-3-27-17(24)13-6-8-15(9-7-13)29-12-14(23)11-22-18(25)20(2,21-19(22)26)16-5-4-10-28-16/h4-10,14,23H,3,11-12H2,1-2H3,(H,21,26)/t14-,20+/m1/s1. The number of furan rings is 1. The van der Waals surface area contributed by atoms with Gasteiger partial charge in [0, 0.05) is 0 Å². The molecule has 1 aromatic carbocycles. The molecule has 2 aromatic rings. The zero-order chi connectivity index (χ0) is 21.0. The number of nitrogens with zero attached hydrogens (tertiary/aromatic N) is 1. The Morgan fingerprint density at radius 2 is 2.00 bits per heavy atom. The number of rotatable bonds is 8. The van der Waals surface area contributed by atoms with E-state index in [1.54, 1.807) is 50.2 Å². The van der Waals surface area contributed by atoms with Crippen LogP contribution in [-0.2, 0) is 15.1 Å². The number of imide groups is 1. The van der Waals surface area contributed by atoms with Gasteiger partial charge in [-0.3, -0.25) is 9.69 Å². The molecule has 2 heterocycles. The zero-order valence-electron chi connectivity index (χ0n) is 16.1. The van der Waals surface area contributed by atoms with Crippen LogP contribution in [-0.4, -0.2) is 53.8 Å². The van der Waals surface area contributed by atoms with Crippen LogP contribution in [0.2, 0.25) is 0 Å². The number of esters is 1. The lowest BCUT2D eigenvalue weighted by Gasteiger charge is -2.20. The van der Waals surface area contributed by atoms with Crippen LogP contribution in [0.3, 0.4) is 0 Å². The van der Waals surface area contributed by atoms with Crippen molar-refractivity contribution in [3.8, 4) is 5.75 Å². The molecule has 1 aromatic heterocycles. The first kappa shape index (κ1) is 20.4. The predicted molar refractivity (Wildman–Crippen MR) is 100 cm³/mol. The molecule has 2 atom stereocenters. The Morgan fingerprint density at radius 1 is 1.28 bits per heavy atom. The Morgan fingerprint density at radius 3 is 2.62 bits per heavy atom. The van der Waals surface area contributed by atoms with Crippen LogP contribution in [0.1, 0.15) is 30.0 Å². The summed E-state index contributed by atoms with van der Waals surface area (Å²) in [5.41, 5.74) is -0.930. The van der Waals surface area contributed by atoms with Crippen molar-refractivity contribution in [3.05, 3.63) is 54.0 Å². The van der Waals surface area contributed by atoms with E-state index >= 15 is 0 Å². The number of carbonyl (C=O) groups is 3. The third kappa shape index (κ3) is 4.24. The largest absolute Gasteiger partial charge is 0.491 e. The number of aliphatic hydroxyl groups excluding tert-OH is 1. The lowest BCUT2D eigenvalue weighted by Crippen LogP contribution is -2.42. The van der Waals surface area contributed by atoms with Crippen LogP contribution in [0, 0.1) is 0 Å². The highest BCUT2D eigenvalue weighted by Crippen LogP contribution is 2.29. The van der Waals surface area contributed by atoms with Crippen molar-refractivity contribution in [1.82, 2.24) is 10.2 Å². The van der Waals surface area contributed by atoms with E-state index in [0.717, 1.165) is 4.90 Å². The average Bonchev–Trinajstić information content (AvgIpc) is 3.32. The molecule has 1 saturated heterocycles. The van der Waals surface area contributed by atoms with E-state index in [2.05, 4.69) is 5.32 Å². The van der Waals surface area contributed by atoms with Gasteiger partial charge in [0.15, 0.2) is 5.54 Å². The number of aliphatic hydroxyl groups is 1. The number of urea groups is 1. The second-order valence-electron chi connectivity index (χ2n) is 6.66. The molecular formula is C20H22N2O7. The fourth-order valence-corrected chi connectivity index (χ4v) is 2.95. The number of β-amino-alcohol motifs (C(OH)–C–C–N with tert-alkyl or cyclic N) is 1. The Bertz CT molecular complexity index is 879. The first-order chi connectivity index (χ1) is 13.8. The maximum Gasteiger partial charge on any atom is 0.338 e. The Balaban J connectivity index is 1.55. The monoisotopic (exact) mass is 402 g/mol. The van der Waals surface area contributed by atoms with E-state index in [0.29, 0.717) is 17.1 Å². The fourth-order valence-electron chi connectivity index (χ4n) is 2.95. The van der Waals surface area contributed by atoms with Crippen molar-refractivity contribution in [2.24, 2.45) is 0 Å². The van der Waals surface area contributed by atoms with Crippen LogP contribution in [0.5, 0.6) is 5.75 Å². The molecule has 1 aliphatic heterocycles. The summed E-state index contributed by atoms with van der Waals surface area (Å²) >= 11 is 0. The van der Waals surface area contributed by atoms with Gasteiger partial charge in [-0.2, -0.15) is 0 Å². The molecule has 0 spiro atoms. The molecule has 9 heteroatoms. The van der Waals surface area contributed by atoms with Crippen molar-refractivity contribution in [2.75, 3.05) is 19.8 Å². The maximum atomic E-state index is 12.7. The van der Waals surface area contributed by atoms with Gasteiger partial charge < -0.3 is 24.3 Å². The van der Waals surface area contributed by atoms with Crippen molar-refractivity contribution in [3.63, 3.8) is 0 Å². The molecule has 0 saturated carbocycles. The normalized spacial score (nSPS) is 19.8. The molecule has 1 fully saturated rings. The van der Waals surface area contributed by atoms with E-state index in [1.165, 1.54) is 6.26 Å². The molecular weight excluding hydrogens is 380 g/mol. The van der Waals surface area contributed by atoms with Gasteiger partial charge in [0.2, 0.25) is 0 Å². The van der Waals surface area contributed by atoms with Crippen LogP contribution >= 0.6 is 0 Å². The first-order valence-electron chi connectivity index (χ1n) is 9.11. The summed E-state index contributed by atoms with van der Waals surface area (Å²) in [6, 6.07) is 8.84. The molecule has 3 amide bonds. The summed E-state index contributed by atoms with van der Waals surface area (Å²) in [7, 11) is 0. The smallest absolute Gasteiger partial charge is 0.338 e. The third-order valence-corrected chi connectivity index (χ3v) is 4.49. The number of ether oxygens (including phenoxy) is 2. The van der Waals surface area contributed by atoms with Gasteiger partial charge in [0.1, 0.15) is 24.2 Å². The molecule has 0 bridgehead atoms. The lowest BCUT2D eigenvalue weighted by atomic mass is 9.99. The van der Waals surface area contributed by atoms with Crippen LogP contribution in [0.25, 0.3) is 0 Å². The Hall–Kier alpha value is -3.33. The highest BCUT2D eigenvalue weighted by Gasteiger charge is 2.51. The van der Waals surface area contributed by atoms with Crippen LogP contribution in [0.4, 0.5) is 4.79 Å². The minimum Gasteiger partial charge on any atom is -0.491 e. The SMILES string of the molecule is CCOC(=O)c1ccc(OC[C@H](O)CN2C(=O)N[C@@](C)(c3ccco3)C2=O)cc1. The molecule has 9 nitrogen and oxygen atoms in total. The van der Waals surface area contributed by atoms with Crippen LogP contribution in [0.15, 0.2) is 47.1 Å². The molecule has 1 aliphatic rings. The molecule has 154 valence electrons. The molecule has 0 radical (unpaired) electrons. The van der Waals surface area contributed by atoms with Crippen molar-refractivity contribution < 1.29 is 33.4 Å². The van der Waals surface area contributed by atoms with Crippen molar-refractivity contribution >= 4 is 17.9 Å². The average molecular weight is 402 g/mol. The highest BCUT2D eigenvalue weighted by molar-refractivity contribution is 6.06. The highest BCUT2D eigenvalue weighted by atomic mass is 16.5. The van der Waals surface area contributed by atoms with E-state index in [-0.39, 0.29) is 19.8 Å². The fraction of sp³-hybridized carbons (Fsp3) is 0.350. The number of carbonyl (C=O) groups excluding carboxylic acids is 3. The number of nitrogens with one attached hydrogen (secondary N) is 1. The maximum absolute atomic E-state index is 12.7. The Kier molecular flexibility index (Phi) is 5.88. The van der Waals surface area contributed by atoms with E-state index < -0.39 is 29.6 Å². The number of amides is 3. The van der Waals surface area contributed by atoms with E-state index in [1.807, 2.05) is 0 Å². The molecule has 0 unspecified atom stereocenters. The summed E-state index contributed by atoms with van der Waals surface area (Å²) < 4.78 is 15.6. The van der Waals surface area contributed by atoms with Gasteiger partial charge in [-0.1, -0.05) is 0 Å². The molecule has 3 rings (SSSR count). The summed E-state index contributed by atoms with van der Waals surface area (Å²) in [4.78, 5) is 37.5. The predicted octanol–water partition coefficient (Wildman–Crippen LogP) is 1.66. The quantitative estimate of drug-likeness (QED) is 0.509. The van der Waals surface area contributed by atoms with Gasteiger partial charge >= 0.3 is 12.0 Å². The second kappa shape index (κ2) is 8.36. The molecule has 29 heavy (non-hydrogen) atoms. The van der Waals surface area contributed by atoms with E-state index in [9.17, 15) is 19.5 Å². The summed E-state index contributed by atoms with van der Waals surface area (Å²) in [6.45, 7) is 3.17. The molecule has 2 N–H and O–H groups in total. The number of hydrogen-bond acceptors (Lipinski definition) is 7. The van der Waals surface area contributed by atoms with Gasteiger partial charge in [0.25, 0.3) is 5.91 Å². The number of benzene rings is 1. The lowest BCUT2D eigenvalue weighted by molar-refractivity contribution is -0.132. The summed E-state index contributed by atoms with van der Waals surface area (Å²) in [5, 5.41) is 12.8. The minimum atomic E-state index is -1.32. The van der Waals surface area contributed by atoms with E-state index in [4.69, 9.17) is 13.9 Å². The Labute approximate surface area is 167 Å². The van der Waals surface area contributed by atoms with Gasteiger partial charge in [-0.25, -0.2) is 9.59 Å². The molecule has 0 aliphatic carbocycles. The zero-order valence-corrected chi connectivity index (χ0v) is 16.1. The summed E-state index contributed by atoms with van der Waals surface area (Å²) in [6.07, 6.45) is 0.312. The summed E-state index contributed by atoms with van der Waals surface area (Å²) in [5.74, 6) is -0.215. The first-order valence-corrected chi connectivity index (χ1v) is 9.11. The number of hydrogen-bond donors (Lipinski definition) is 2. The topological polar surface area (TPSA) is 118 Å². The third-order valence-electron chi connectivity index (χ3n) is 4.49. The minimum absolute atomic E-state index is 0.146. The van der Waals surface area contributed by atoms with Gasteiger partial charge in [-0.15, -0.1) is 0 Å². The second-order valence-corrected chi connectivity index (χ2v) is 6.66. The van der Waals surface area contributed by atoms with Crippen molar-refractivity contribution in [2.45, 2.75) is 25.5 Å².